The van der Waals surface area contributed by atoms with Crippen molar-refractivity contribution in [1.82, 2.24) is 10.2 Å². The number of hydrogen-bond acceptors (Lipinski definition) is 4. The molecule has 1 fully saturated rings. The molecule has 0 spiro atoms. The van der Waals surface area contributed by atoms with Gasteiger partial charge in [-0.25, -0.2) is 8.42 Å². The van der Waals surface area contributed by atoms with Crippen molar-refractivity contribution in [3.63, 3.8) is 0 Å². The third-order valence-corrected chi connectivity index (χ3v) is 10.4. The van der Waals surface area contributed by atoms with Crippen LogP contribution >= 0.6 is 46.4 Å². The van der Waals surface area contributed by atoms with Crippen LogP contribution in [0.4, 0.5) is 5.69 Å². The number of rotatable bonds is 11. The molecule has 0 heterocycles. The first kappa shape index (κ1) is 33.4. The Kier molecular flexibility index (Phi) is 11.3. The highest BCUT2D eigenvalue weighted by Crippen LogP contribution is 2.31. The van der Waals surface area contributed by atoms with Gasteiger partial charge in [0.2, 0.25) is 11.8 Å². The highest BCUT2D eigenvalue weighted by molar-refractivity contribution is 7.92. The van der Waals surface area contributed by atoms with E-state index in [-0.39, 0.29) is 39.1 Å². The quantitative estimate of drug-likeness (QED) is 0.225. The lowest BCUT2D eigenvalue weighted by atomic mass is 10.1. The SMILES string of the molecule is CC[C@H](C(=O)NC1CCCC1)N(Cc1ccc(Cl)c(Cl)c1)C(=O)CN(c1cc(Cl)cc(Cl)c1)S(=O)(=O)c1ccc(C)cc1. The van der Waals surface area contributed by atoms with Gasteiger partial charge in [0.1, 0.15) is 12.6 Å². The summed E-state index contributed by atoms with van der Waals surface area (Å²) >= 11 is 24.9. The summed E-state index contributed by atoms with van der Waals surface area (Å²) in [6.07, 6.45) is 4.12. The number of aryl methyl sites for hydroxylation is 1. The number of hydrogen-bond donors (Lipinski definition) is 1. The molecule has 0 bridgehead atoms. The standard InChI is InChI=1S/C31H33Cl4N3O4S/c1-3-29(31(40)36-24-6-4-5-7-24)37(18-21-10-13-27(34)28(35)14-21)30(39)19-38(25-16-22(32)15-23(33)17-25)43(41,42)26-11-8-20(2)9-12-26/h8-17,24,29H,3-7,18-19H2,1-2H3,(H,36,40)/t29-/m1/s1. The van der Waals surface area contributed by atoms with E-state index in [4.69, 9.17) is 46.4 Å². The second kappa shape index (κ2) is 14.5. The molecule has 1 aliphatic carbocycles. The lowest BCUT2D eigenvalue weighted by Crippen LogP contribution is -2.53. The Balaban J connectivity index is 1.75. The van der Waals surface area contributed by atoms with E-state index in [0.717, 1.165) is 35.6 Å². The minimum absolute atomic E-state index is 0.00103. The van der Waals surface area contributed by atoms with Crippen LogP contribution in [0.5, 0.6) is 0 Å². The van der Waals surface area contributed by atoms with Gasteiger partial charge in [0, 0.05) is 22.6 Å². The van der Waals surface area contributed by atoms with Gasteiger partial charge in [-0.05, 0) is 74.2 Å². The molecular formula is C31H33Cl4N3O4S. The summed E-state index contributed by atoms with van der Waals surface area (Å²) in [6.45, 7) is 3.05. The number of carbonyl (C=O) groups is 2. The molecule has 7 nitrogen and oxygen atoms in total. The Labute approximate surface area is 273 Å². The molecule has 1 aliphatic rings. The Hall–Kier alpha value is -2.49. The molecule has 3 aromatic rings. The lowest BCUT2D eigenvalue weighted by molar-refractivity contribution is -0.140. The fraction of sp³-hybridized carbons (Fsp3) is 0.355. The van der Waals surface area contributed by atoms with Crippen LogP contribution in [0, 0.1) is 6.92 Å². The van der Waals surface area contributed by atoms with E-state index in [1.165, 1.54) is 35.2 Å². The van der Waals surface area contributed by atoms with E-state index in [1.54, 1.807) is 30.3 Å². The number of halogens is 4. The Morgan fingerprint density at radius 1 is 0.907 bits per heavy atom. The van der Waals surface area contributed by atoms with Crippen LogP contribution in [-0.2, 0) is 26.2 Å². The molecule has 12 heteroatoms. The normalized spacial score (nSPS) is 14.4. The molecule has 0 unspecified atom stereocenters. The maximum atomic E-state index is 14.2. The van der Waals surface area contributed by atoms with E-state index in [1.807, 2.05) is 13.8 Å². The second-order valence-electron chi connectivity index (χ2n) is 10.6. The third-order valence-electron chi connectivity index (χ3n) is 7.45. The van der Waals surface area contributed by atoms with Gasteiger partial charge in [-0.15, -0.1) is 0 Å². The van der Waals surface area contributed by atoms with Crippen molar-refractivity contribution in [3.05, 3.63) is 91.9 Å². The molecule has 3 aromatic carbocycles. The second-order valence-corrected chi connectivity index (χ2v) is 14.2. The third kappa shape index (κ3) is 8.37. The fourth-order valence-corrected chi connectivity index (χ4v) is 7.40. The van der Waals surface area contributed by atoms with Crippen molar-refractivity contribution in [3.8, 4) is 0 Å². The topological polar surface area (TPSA) is 86.8 Å². The van der Waals surface area contributed by atoms with Crippen LogP contribution in [0.2, 0.25) is 20.1 Å². The van der Waals surface area contributed by atoms with Gasteiger partial charge >= 0.3 is 0 Å². The van der Waals surface area contributed by atoms with Gasteiger partial charge in [0.05, 0.1) is 20.6 Å². The van der Waals surface area contributed by atoms with Crippen LogP contribution in [0.1, 0.15) is 50.2 Å². The van der Waals surface area contributed by atoms with Crippen molar-refractivity contribution >= 4 is 73.9 Å². The van der Waals surface area contributed by atoms with E-state index in [0.29, 0.717) is 22.0 Å². The van der Waals surface area contributed by atoms with Gasteiger partial charge in [-0.1, -0.05) is 89.9 Å². The zero-order valence-electron chi connectivity index (χ0n) is 23.8. The number of nitrogens with zero attached hydrogens (tertiary/aromatic N) is 2. The van der Waals surface area contributed by atoms with E-state index in [2.05, 4.69) is 5.32 Å². The van der Waals surface area contributed by atoms with Crippen LogP contribution in [0.15, 0.2) is 65.6 Å². The van der Waals surface area contributed by atoms with Crippen molar-refractivity contribution in [2.24, 2.45) is 0 Å². The molecule has 0 radical (unpaired) electrons. The highest BCUT2D eigenvalue weighted by atomic mass is 35.5. The Bertz CT molecular complexity index is 1560. The summed E-state index contributed by atoms with van der Waals surface area (Å²) in [5.74, 6) is -0.882. The van der Waals surface area contributed by atoms with Crippen LogP contribution in [0.3, 0.4) is 0 Å². The summed E-state index contributed by atoms with van der Waals surface area (Å²) < 4.78 is 29.0. The Morgan fingerprint density at radius 2 is 1.53 bits per heavy atom. The number of carbonyl (C=O) groups excluding carboxylic acids is 2. The first-order chi connectivity index (χ1) is 20.4. The largest absolute Gasteiger partial charge is 0.352 e. The highest BCUT2D eigenvalue weighted by Gasteiger charge is 2.35. The molecule has 0 saturated heterocycles. The molecule has 1 atom stereocenters. The molecule has 0 aromatic heterocycles. The monoisotopic (exact) mass is 683 g/mol. The lowest BCUT2D eigenvalue weighted by Gasteiger charge is -2.34. The summed E-state index contributed by atoms with van der Waals surface area (Å²) in [6, 6.07) is 14.8. The summed E-state index contributed by atoms with van der Waals surface area (Å²) in [4.78, 5) is 29.2. The van der Waals surface area contributed by atoms with Crippen molar-refractivity contribution in [1.29, 1.82) is 0 Å². The number of sulfonamides is 1. The molecule has 2 amide bonds. The van der Waals surface area contributed by atoms with Gasteiger partial charge in [-0.3, -0.25) is 13.9 Å². The van der Waals surface area contributed by atoms with Gasteiger partial charge in [0.25, 0.3) is 10.0 Å². The van der Waals surface area contributed by atoms with Crippen molar-refractivity contribution in [2.75, 3.05) is 10.8 Å². The summed E-state index contributed by atoms with van der Waals surface area (Å²) in [5.41, 5.74) is 1.62. The first-order valence-corrected chi connectivity index (χ1v) is 16.9. The number of amides is 2. The molecule has 0 aliphatic heterocycles. The average molecular weight is 686 g/mol. The maximum Gasteiger partial charge on any atom is 0.264 e. The van der Waals surface area contributed by atoms with Crippen molar-refractivity contribution in [2.45, 2.75) is 69.5 Å². The average Bonchev–Trinajstić information content (AvgIpc) is 3.46. The molecule has 230 valence electrons. The smallest absolute Gasteiger partial charge is 0.264 e. The van der Waals surface area contributed by atoms with Crippen LogP contribution < -0.4 is 9.62 Å². The van der Waals surface area contributed by atoms with Gasteiger partial charge in [0.15, 0.2) is 0 Å². The fourth-order valence-electron chi connectivity index (χ4n) is 5.17. The minimum Gasteiger partial charge on any atom is -0.352 e. The molecule has 43 heavy (non-hydrogen) atoms. The molecular weight excluding hydrogens is 652 g/mol. The maximum absolute atomic E-state index is 14.2. The Morgan fingerprint density at radius 3 is 2.12 bits per heavy atom. The number of benzene rings is 3. The zero-order chi connectivity index (χ0) is 31.3. The van der Waals surface area contributed by atoms with Crippen LogP contribution in [-0.4, -0.2) is 43.8 Å². The van der Waals surface area contributed by atoms with E-state index < -0.39 is 28.5 Å². The van der Waals surface area contributed by atoms with Crippen LogP contribution in [0.25, 0.3) is 0 Å². The molecule has 4 rings (SSSR count). The van der Waals surface area contributed by atoms with Gasteiger partial charge < -0.3 is 10.2 Å². The zero-order valence-corrected chi connectivity index (χ0v) is 27.7. The summed E-state index contributed by atoms with van der Waals surface area (Å²) in [5, 5.41) is 4.14. The van der Waals surface area contributed by atoms with Gasteiger partial charge in [-0.2, -0.15) is 0 Å². The van der Waals surface area contributed by atoms with Crippen molar-refractivity contribution < 1.29 is 18.0 Å². The molecule has 1 saturated carbocycles. The number of nitrogens with one attached hydrogen (secondary N) is 1. The molecule has 1 N–H and O–H groups in total. The first-order valence-electron chi connectivity index (χ1n) is 14.0. The van der Waals surface area contributed by atoms with E-state index in [9.17, 15) is 18.0 Å². The number of anilines is 1. The summed E-state index contributed by atoms with van der Waals surface area (Å²) in [7, 11) is -4.26. The van der Waals surface area contributed by atoms with E-state index >= 15 is 0 Å². The minimum atomic E-state index is -4.26. The predicted molar refractivity (Wildman–Crippen MR) is 174 cm³/mol. The predicted octanol–water partition coefficient (Wildman–Crippen LogP) is 7.67.